The van der Waals surface area contributed by atoms with Crippen LogP contribution in [0.3, 0.4) is 0 Å². The Labute approximate surface area is 106 Å². The van der Waals surface area contributed by atoms with E-state index in [4.69, 9.17) is 20.4 Å². The molecular weight excluding hydrogens is 268 g/mol. The highest BCUT2D eigenvalue weighted by molar-refractivity contribution is 5.82. The van der Waals surface area contributed by atoms with E-state index in [-0.39, 0.29) is 0 Å². The number of aliphatic carboxylic acids is 2. The number of ether oxygens (including phenoxy) is 2. The van der Waals surface area contributed by atoms with E-state index < -0.39 is 55.7 Å². The van der Waals surface area contributed by atoms with Gasteiger partial charge in [-0.15, -0.1) is 0 Å². The average Bonchev–Trinajstić information content (AvgIpc) is 2.26. The second-order valence-corrected chi connectivity index (χ2v) is 3.27. The van der Waals surface area contributed by atoms with Crippen LogP contribution in [0.2, 0.25) is 0 Å². The number of hydrogen-bond acceptors (Lipinski definition) is 8. The monoisotopic (exact) mass is 280 g/mol. The van der Waals surface area contributed by atoms with Crippen LogP contribution in [0.4, 0.5) is 0 Å². The van der Waals surface area contributed by atoms with Crippen molar-refractivity contribution in [3.63, 3.8) is 0 Å². The van der Waals surface area contributed by atoms with Crippen molar-refractivity contribution in [3.05, 3.63) is 0 Å². The van der Waals surface area contributed by atoms with Crippen LogP contribution in [0.25, 0.3) is 0 Å². The van der Waals surface area contributed by atoms with E-state index in [2.05, 4.69) is 9.47 Å². The first-order valence-corrected chi connectivity index (χ1v) is 4.87. The van der Waals surface area contributed by atoms with E-state index >= 15 is 0 Å². The molecule has 0 aromatic carbocycles. The molecule has 0 aromatic heterocycles. The van der Waals surface area contributed by atoms with Crippen LogP contribution in [-0.2, 0) is 28.7 Å². The molecule has 0 aliphatic carbocycles. The average molecular weight is 280 g/mol. The maximum atomic E-state index is 10.9. The van der Waals surface area contributed by atoms with Gasteiger partial charge in [0.1, 0.15) is 0 Å². The molecule has 0 aromatic rings. The SMILES string of the molecule is O=C(O)CC(O)C(=O)OCOC(=O)C(O)CC(=O)O. The number of aliphatic hydroxyl groups is 2. The highest BCUT2D eigenvalue weighted by atomic mass is 16.7. The molecule has 10 nitrogen and oxygen atoms in total. The summed E-state index contributed by atoms with van der Waals surface area (Å²) in [5.74, 6) is -5.53. The van der Waals surface area contributed by atoms with Crippen molar-refractivity contribution in [2.45, 2.75) is 25.0 Å². The summed E-state index contributed by atoms with van der Waals surface area (Å²) in [6.07, 6.45) is -5.59. The number of hydrogen-bond donors (Lipinski definition) is 4. The molecule has 0 spiro atoms. The molecule has 19 heavy (non-hydrogen) atoms. The summed E-state index contributed by atoms with van der Waals surface area (Å²) in [4.78, 5) is 42.1. The fraction of sp³-hybridized carbons (Fsp3) is 0.556. The number of rotatable bonds is 8. The lowest BCUT2D eigenvalue weighted by Crippen LogP contribution is -2.30. The third-order valence-corrected chi connectivity index (χ3v) is 1.68. The molecule has 0 saturated heterocycles. The lowest BCUT2D eigenvalue weighted by molar-refractivity contribution is -0.180. The molecule has 108 valence electrons. The Hall–Kier alpha value is -2.20. The molecule has 0 aliphatic heterocycles. The van der Waals surface area contributed by atoms with Gasteiger partial charge in [-0.3, -0.25) is 9.59 Å². The van der Waals surface area contributed by atoms with Crippen LogP contribution in [0.5, 0.6) is 0 Å². The van der Waals surface area contributed by atoms with Gasteiger partial charge in [-0.05, 0) is 0 Å². The Morgan fingerprint density at radius 2 is 1.11 bits per heavy atom. The molecule has 0 aliphatic rings. The van der Waals surface area contributed by atoms with E-state index in [0.717, 1.165) is 0 Å². The molecule has 4 N–H and O–H groups in total. The zero-order valence-corrected chi connectivity index (χ0v) is 9.51. The van der Waals surface area contributed by atoms with Crippen LogP contribution < -0.4 is 0 Å². The number of carbonyl (C=O) groups excluding carboxylic acids is 2. The van der Waals surface area contributed by atoms with E-state index in [9.17, 15) is 19.2 Å². The van der Waals surface area contributed by atoms with Crippen molar-refractivity contribution in [1.29, 1.82) is 0 Å². The fourth-order valence-electron chi connectivity index (χ4n) is 0.835. The Morgan fingerprint density at radius 1 is 0.789 bits per heavy atom. The third-order valence-electron chi connectivity index (χ3n) is 1.68. The summed E-state index contributed by atoms with van der Waals surface area (Å²) < 4.78 is 8.35. The van der Waals surface area contributed by atoms with E-state index in [1.807, 2.05) is 0 Å². The summed E-state index contributed by atoms with van der Waals surface area (Å²) in [6.45, 7) is -0.981. The lowest BCUT2D eigenvalue weighted by Gasteiger charge is -2.11. The zero-order valence-electron chi connectivity index (χ0n) is 9.51. The van der Waals surface area contributed by atoms with Gasteiger partial charge in [0.25, 0.3) is 0 Å². The second kappa shape index (κ2) is 8.00. The number of carboxylic acid groups (broad SMARTS) is 2. The van der Waals surface area contributed by atoms with Gasteiger partial charge in [-0.25, -0.2) is 9.59 Å². The van der Waals surface area contributed by atoms with Crippen LogP contribution in [-0.4, -0.2) is 63.3 Å². The number of aliphatic hydroxyl groups excluding tert-OH is 2. The Kier molecular flexibility index (Phi) is 7.07. The van der Waals surface area contributed by atoms with Gasteiger partial charge < -0.3 is 29.9 Å². The van der Waals surface area contributed by atoms with Gasteiger partial charge in [0.2, 0.25) is 6.79 Å². The first kappa shape index (κ1) is 16.8. The largest absolute Gasteiger partial charge is 0.481 e. The molecule has 0 heterocycles. The standard InChI is InChI=1S/C9H12O10/c10-4(1-6(12)13)8(16)18-3-19-9(17)5(11)2-7(14)15/h4-5,10-11H,1-3H2,(H,12,13)(H,14,15). The van der Waals surface area contributed by atoms with Gasteiger partial charge in [0.05, 0.1) is 12.8 Å². The van der Waals surface area contributed by atoms with Crippen molar-refractivity contribution < 1.29 is 49.1 Å². The third kappa shape index (κ3) is 7.68. The number of esters is 2. The maximum Gasteiger partial charge on any atom is 0.338 e. The van der Waals surface area contributed by atoms with Crippen molar-refractivity contribution in [2.24, 2.45) is 0 Å². The van der Waals surface area contributed by atoms with E-state index in [1.165, 1.54) is 0 Å². The molecule has 0 radical (unpaired) electrons. The molecule has 2 unspecified atom stereocenters. The summed E-state index contributed by atoms with van der Waals surface area (Å²) in [5.41, 5.74) is 0. The summed E-state index contributed by atoms with van der Waals surface area (Å²) in [7, 11) is 0. The molecule has 0 rings (SSSR count). The van der Waals surface area contributed by atoms with Crippen LogP contribution in [0.1, 0.15) is 12.8 Å². The van der Waals surface area contributed by atoms with Crippen molar-refractivity contribution >= 4 is 23.9 Å². The maximum absolute atomic E-state index is 10.9. The van der Waals surface area contributed by atoms with Crippen LogP contribution in [0, 0.1) is 0 Å². The molecule has 2 atom stereocenters. The zero-order chi connectivity index (χ0) is 15.0. The molecule has 10 heteroatoms. The predicted molar refractivity (Wildman–Crippen MR) is 53.6 cm³/mol. The minimum Gasteiger partial charge on any atom is -0.481 e. The summed E-state index contributed by atoms with van der Waals surface area (Å²) in [6, 6.07) is 0. The van der Waals surface area contributed by atoms with Gasteiger partial charge in [-0.1, -0.05) is 0 Å². The molecular formula is C9H12O10. The topological polar surface area (TPSA) is 168 Å². The minimum absolute atomic E-state index is 0.881. The van der Waals surface area contributed by atoms with Gasteiger partial charge >= 0.3 is 23.9 Å². The first-order valence-electron chi connectivity index (χ1n) is 4.87. The lowest BCUT2D eigenvalue weighted by atomic mass is 10.2. The Bertz CT molecular complexity index is 328. The highest BCUT2D eigenvalue weighted by Gasteiger charge is 2.23. The van der Waals surface area contributed by atoms with Crippen molar-refractivity contribution in [2.75, 3.05) is 6.79 Å². The number of carbonyl (C=O) groups is 4. The highest BCUT2D eigenvalue weighted by Crippen LogP contribution is 1.98. The second-order valence-electron chi connectivity index (χ2n) is 3.27. The molecule has 0 bridgehead atoms. The van der Waals surface area contributed by atoms with Gasteiger partial charge in [0.15, 0.2) is 12.2 Å². The van der Waals surface area contributed by atoms with Gasteiger partial charge in [0, 0.05) is 0 Å². The molecule has 0 amide bonds. The van der Waals surface area contributed by atoms with Crippen LogP contribution >= 0.6 is 0 Å². The smallest absolute Gasteiger partial charge is 0.338 e. The van der Waals surface area contributed by atoms with E-state index in [1.54, 1.807) is 0 Å². The summed E-state index contributed by atoms with van der Waals surface area (Å²) in [5, 5.41) is 34.4. The predicted octanol–water partition coefficient (Wildman–Crippen LogP) is -2.30. The quantitative estimate of drug-likeness (QED) is 0.280. The minimum atomic E-state index is -1.92. The normalized spacial score (nSPS) is 13.2. The first-order chi connectivity index (χ1) is 8.73. The Morgan fingerprint density at radius 3 is 1.37 bits per heavy atom. The summed E-state index contributed by atoms with van der Waals surface area (Å²) >= 11 is 0. The van der Waals surface area contributed by atoms with Crippen molar-refractivity contribution in [1.82, 2.24) is 0 Å². The van der Waals surface area contributed by atoms with Crippen LogP contribution in [0.15, 0.2) is 0 Å². The van der Waals surface area contributed by atoms with E-state index in [0.29, 0.717) is 0 Å². The fourth-order valence-corrected chi connectivity index (χ4v) is 0.835. The van der Waals surface area contributed by atoms with Crippen molar-refractivity contribution in [3.8, 4) is 0 Å². The van der Waals surface area contributed by atoms with Gasteiger partial charge in [-0.2, -0.15) is 0 Å². The Balaban J connectivity index is 3.96. The number of carboxylic acids is 2. The molecule has 0 saturated carbocycles. The molecule has 0 fully saturated rings.